The first kappa shape index (κ1) is 12.5. The molecule has 98 valence electrons. The molecule has 1 aliphatic carbocycles. The van der Waals surface area contributed by atoms with Crippen molar-refractivity contribution in [2.24, 2.45) is 0 Å². The lowest BCUT2D eigenvalue weighted by Crippen LogP contribution is -2.49. The second kappa shape index (κ2) is 4.86. The number of halogens is 1. The molecule has 0 radical (unpaired) electrons. The van der Waals surface area contributed by atoms with Crippen LogP contribution in [0.4, 0.5) is 5.69 Å². The highest BCUT2D eigenvalue weighted by Crippen LogP contribution is 2.42. The molecule has 0 amide bonds. The van der Waals surface area contributed by atoms with Crippen molar-refractivity contribution in [1.82, 2.24) is 0 Å². The zero-order valence-corrected chi connectivity index (χ0v) is 12.4. The molecule has 18 heavy (non-hydrogen) atoms. The van der Waals surface area contributed by atoms with Crippen LogP contribution < -0.4 is 5.32 Å². The van der Waals surface area contributed by atoms with Crippen LogP contribution in [0.25, 0.3) is 0 Å². The van der Waals surface area contributed by atoms with Crippen molar-refractivity contribution in [3.05, 3.63) is 28.2 Å². The summed E-state index contributed by atoms with van der Waals surface area (Å²) >= 11 is 3.56. The Morgan fingerprint density at radius 1 is 1.33 bits per heavy atom. The van der Waals surface area contributed by atoms with Gasteiger partial charge in [0.15, 0.2) is 0 Å². The Kier molecular flexibility index (Phi) is 3.37. The van der Waals surface area contributed by atoms with Gasteiger partial charge >= 0.3 is 0 Å². The van der Waals surface area contributed by atoms with Crippen molar-refractivity contribution in [2.75, 3.05) is 11.9 Å². The molecule has 1 saturated heterocycles. The number of aryl methyl sites for hydroxylation is 1. The number of anilines is 1. The molecule has 3 rings (SSSR count). The summed E-state index contributed by atoms with van der Waals surface area (Å²) < 4.78 is 7.12. The zero-order valence-electron chi connectivity index (χ0n) is 10.8. The number of benzene rings is 1. The molecule has 1 aromatic rings. The molecule has 3 heteroatoms. The monoisotopic (exact) mass is 309 g/mol. The summed E-state index contributed by atoms with van der Waals surface area (Å²) in [6.07, 6.45) is 6.12. The molecule has 2 nitrogen and oxygen atoms in total. The minimum atomic E-state index is 0.219. The Balaban J connectivity index is 1.68. The van der Waals surface area contributed by atoms with Crippen molar-refractivity contribution in [3.63, 3.8) is 0 Å². The van der Waals surface area contributed by atoms with Gasteiger partial charge in [-0.05, 0) is 62.8 Å². The van der Waals surface area contributed by atoms with Crippen LogP contribution in [0, 0.1) is 6.92 Å². The van der Waals surface area contributed by atoms with Gasteiger partial charge in [-0.3, -0.25) is 0 Å². The normalized spacial score (nSPS) is 25.8. The topological polar surface area (TPSA) is 21.3 Å². The van der Waals surface area contributed by atoms with E-state index in [0.29, 0.717) is 6.04 Å². The third kappa shape index (κ3) is 2.57. The highest BCUT2D eigenvalue weighted by atomic mass is 79.9. The number of nitrogens with one attached hydrogen (secondary N) is 1. The van der Waals surface area contributed by atoms with E-state index in [1.54, 1.807) is 0 Å². The van der Waals surface area contributed by atoms with Crippen molar-refractivity contribution >= 4 is 21.6 Å². The van der Waals surface area contributed by atoms with E-state index < -0.39 is 0 Å². The number of ether oxygens (including phenoxy) is 1. The summed E-state index contributed by atoms with van der Waals surface area (Å²) in [4.78, 5) is 0. The van der Waals surface area contributed by atoms with Gasteiger partial charge in [-0.15, -0.1) is 0 Å². The van der Waals surface area contributed by atoms with E-state index in [1.165, 1.54) is 36.9 Å². The minimum absolute atomic E-state index is 0.219. The first-order valence-electron chi connectivity index (χ1n) is 6.83. The lowest BCUT2D eigenvalue weighted by molar-refractivity contribution is -0.130. The number of hydrogen-bond donors (Lipinski definition) is 1. The van der Waals surface area contributed by atoms with E-state index in [2.05, 4.69) is 46.4 Å². The lowest BCUT2D eigenvalue weighted by Gasteiger charge is -2.47. The Labute approximate surface area is 117 Å². The SMILES string of the molecule is Cc1cc(Br)cc(NC2CCOC3(CCC3)C2)c1. The molecule has 0 bridgehead atoms. The largest absolute Gasteiger partial charge is 0.382 e. The van der Waals surface area contributed by atoms with Crippen molar-refractivity contribution < 1.29 is 4.74 Å². The standard InChI is InChI=1S/C15H20BrNO/c1-11-7-12(16)9-14(8-11)17-13-3-6-18-15(10-13)4-2-5-15/h7-9,13,17H,2-6,10H2,1H3. The van der Waals surface area contributed by atoms with Crippen molar-refractivity contribution in [3.8, 4) is 0 Å². The summed E-state index contributed by atoms with van der Waals surface area (Å²) in [6, 6.07) is 7.08. The highest BCUT2D eigenvalue weighted by Gasteiger charge is 2.42. The average Bonchev–Trinajstić information content (AvgIpc) is 2.26. The molecule has 1 aromatic carbocycles. The Morgan fingerprint density at radius 3 is 2.83 bits per heavy atom. The van der Waals surface area contributed by atoms with Gasteiger partial charge in [0.25, 0.3) is 0 Å². The minimum Gasteiger partial charge on any atom is -0.382 e. The first-order chi connectivity index (χ1) is 8.65. The van der Waals surface area contributed by atoms with Crippen LogP contribution in [-0.2, 0) is 4.74 Å². The van der Waals surface area contributed by atoms with Gasteiger partial charge in [0.2, 0.25) is 0 Å². The van der Waals surface area contributed by atoms with Crippen LogP contribution in [0.1, 0.15) is 37.7 Å². The molecule has 1 N–H and O–H groups in total. The van der Waals surface area contributed by atoms with Gasteiger partial charge < -0.3 is 10.1 Å². The van der Waals surface area contributed by atoms with Crippen LogP contribution in [0.3, 0.4) is 0 Å². The van der Waals surface area contributed by atoms with E-state index in [0.717, 1.165) is 17.5 Å². The predicted octanol–water partition coefficient (Wildman–Crippen LogP) is 4.27. The van der Waals surface area contributed by atoms with Gasteiger partial charge in [0.05, 0.1) is 5.60 Å². The summed E-state index contributed by atoms with van der Waals surface area (Å²) in [7, 11) is 0. The maximum absolute atomic E-state index is 5.97. The highest BCUT2D eigenvalue weighted by molar-refractivity contribution is 9.10. The average molecular weight is 310 g/mol. The van der Waals surface area contributed by atoms with Gasteiger partial charge in [-0.25, -0.2) is 0 Å². The fraction of sp³-hybridized carbons (Fsp3) is 0.600. The van der Waals surface area contributed by atoms with Crippen LogP contribution >= 0.6 is 15.9 Å². The molecule has 1 atom stereocenters. The quantitative estimate of drug-likeness (QED) is 0.881. The maximum atomic E-state index is 5.97. The second-order valence-corrected chi connectivity index (χ2v) is 6.65. The molecule has 1 aliphatic heterocycles. The first-order valence-corrected chi connectivity index (χ1v) is 7.62. The summed E-state index contributed by atoms with van der Waals surface area (Å²) in [5.41, 5.74) is 2.73. The van der Waals surface area contributed by atoms with Gasteiger partial charge in [0, 0.05) is 22.8 Å². The molecule has 0 aromatic heterocycles. The Bertz CT molecular complexity index is 422. The third-order valence-electron chi connectivity index (χ3n) is 4.17. The third-order valence-corrected chi connectivity index (χ3v) is 4.63. The molecule has 1 spiro atoms. The Morgan fingerprint density at radius 2 is 2.17 bits per heavy atom. The number of rotatable bonds is 2. The summed E-state index contributed by atoms with van der Waals surface area (Å²) in [5.74, 6) is 0. The van der Waals surface area contributed by atoms with E-state index in [-0.39, 0.29) is 5.60 Å². The van der Waals surface area contributed by atoms with E-state index in [9.17, 15) is 0 Å². The fourth-order valence-electron chi connectivity index (χ4n) is 3.13. The van der Waals surface area contributed by atoms with Gasteiger partial charge in [0.1, 0.15) is 0 Å². The van der Waals surface area contributed by atoms with Crippen LogP contribution in [0.15, 0.2) is 22.7 Å². The summed E-state index contributed by atoms with van der Waals surface area (Å²) in [6.45, 7) is 3.04. The Hall–Kier alpha value is -0.540. The van der Waals surface area contributed by atoms with Crippen LogP contribution in [0.5, 0.6) is 0 Å². The molecule has 2 fully saturated rings. The predicted molar refractivity (Wildman–Crippen MR) is 78.1 cm³/mol. The molecular formula is C15H20BrNO. The zero-order chi connectivity index (χ0) is 12.6. The van der Waals surface area contributed by atoms with E-state index >= 15 is 0 Å². The van der Waals surface area contributed by atoms with Gasteiger partial charge in [-0.1, -0.05) is 15.9 Å². The smallest absolute Gasteiger partial charge is 0.0702 e. The lowest BCUT2D eigenvalue weighted by atomic mass is 9.74. The van der Waals surface area contributed by atoms with Crippen LogP contribution in [-0.4, -0.2) is 18.2 Å². The molecule has 1 saturated carbocycles. The second-order valence-electron chi connectivity index (χ2n) is 5.74. The molecule has 1 unspecified atom stereocenters. The van der Waals surface area contributed by atoms with Crippen LogP contribution in [0.2, 0.25) is 0 Å². The van der Waals surface area contributed by atoms with Crippen molar-refractivity contribution in [2.45, 2.75) is 50.7 Å². The van der Waals surface area contributed by atoms with E-state index in [4.69, 9.17) is 4.74 Å². The van der Waals surface area contributed by atoms with Gasteiger partial charge in [-0.2, -0.15) is 0 Å². The summed E-state index contributed by atoms with van der Waals surface area (Å²) in [5, 5.41) is 3.68. The molecule has 1 heterocycles. The molecular weight excluding hydrogens is 290 g/mol. The van der Waals surface area contributed by atoms with Crippen molar-refractivity contribution in [1.29, 1.82) is 0 Å². The molecule has 2 aliphatic rings. The number of hydrogen-bond acceptors (Lipinski definition) is 2. The fourth-order valence-corrected chi connectivity index (χ4v) is 3.73. The maximum Gasteiger partial charge on any atom is 0.0702 e. The van der Waals surface area contributed by atoms with E-state index in [1.807, 2.05) is 0 Å².